The molecule has 0 aromatic heterocycles. The van der Waals surface area contributed by atoms with Gasteiger partial charge in [-0.05, 0) is 36.9 Å². The quantitative estimate of drug-likeness (QED) is 0.877. The average molecular weight is 317 g/mol. The molecule has 1 aliphatic rings. The zero-order valence-electron chi connectivity index (χ0n) is 12.1. The molecule has 2 atom stereocenters. The van der Waals surface area contributed by atoms with E-state index < -0.39 is 16.3 Å². The molecule has 21 heavy (non-hydrogen) atoms. The highest BCUT2D eigenvalue weighted by molar-refractivity contribution is 7.91. The van der Waals surface area contributed by atoms with Crippen LogP contribution in [0.15, 0.2) is 24.3 Å². The molecule has 1 saturated heterocycles. The molecule has 0 bridgehead atoms. The van der Waals surface area contributed by atoms with Gasteiger partial charge < -0.3 is 5.32 Å². The second-order valence-corrected chi connectivity index (χ2v) is 7.79. The van der Waals surface area contributed by atoms with Crippen LogP contribution in [-0.4, -0.2) is 26.5 Å². The van der Waals surface area contributed by atoms with Crippen molar-refractivity contribution in [1.82, 2.24) is 5.32 Å². The van der Waals surface area contributed by atoms with Crippen LogP contribution in [0.3, 0.4) is 0 Å². The van der Waals surface area contributed by atoms with Gasteiger partial charge in [0.15, 0.2) is 9.84 Å². The molecule has 1 heterocycles. The third-order valence-corrected chi connectivity index (χ3v) is 5.67. The van der Waals surface area contributed by atoms with E-state index in [0.29, 0.717) is 6.42 Å². The van der Waals surface area contributed by atoms with Gasteiger partial charge in [0.25, 0.3) is 6.43 Å². The normalized spacial score (nSPS) is 22.6. The van der Waals surface area contributed by atoms with Crippen LogP contribution in [-0.2, 0) is 9.84 Å². The maximum atomic E-state index is 12.8. The van der Waals surface area contributed by atoms with Crippen molar-refractivity contribution in [1.29, 1.82) is 0 Å². The molecule has 3 nitrogen and oxygen atoms in total. The molecule has 0 radical (unpaired) electrons. The number of alkyl halides is 2. The standard InChI is InChI=1S/C15H21F2NO2S/c1-2-7-18-14(13-6-8-21(19,20)10-13)11-4-3-5-12(9-11)15(16)17/h3-5,9,13-15,18H,2,6-8,10H2,1H3. The molecule has 0 saturated carbocycles. The molecule has 0 aliphatic carbocycles. The largest absolute Gasteiger partial charge is 0.310 e. The van der Waals surface area contributed by atoms with Gasteiger partial charge in [-0.3, -0.25) is 0 Å². The maximum Gasteiger partial charge on any atom is 0.263 e. The lowest BCUT2D eigenvalue weighted by Gasteiger charge is -2.25. The minimum Gasteiger partial charge on any atom is -0.310 e. The Morgan fingerprint density at radius 1 is 1.33 bits per heavy atom. The molecular formula is C15H21F2NO2S. The Kier molecular flexibility index (Phi) is 5.32. The minimum atomic E-state index is -2.99. The van der Waals surface area contributed by atoms with E-state index >= 15 is 0 Å². The Morgan fingerprint density at radius 3 is 2.62 bits per heavy atom. The molecule has 1 aromatic rings. The number of rotatable bonds is 6. The Morgan fingerprint density at radius 2 is 2.05 bits per heavy atom. The summed E-state index contributed by atoms with van der Waals surface area (Å²) in [5, 5.41) is 3.32. The average Bonchev–Trinajstić information content (AvgIpc) is 2.80. The maximum absolute atomic E-state index is 12.8. The summed E-state index contributed by atoms with van der Waals surface area (Å²) >= 11 is 0. The van der Waals surface area contributed by atoms with Gasteiger partial charge in [0.2, 0.25) is 0 Å². The van der Waals surface area contributed by atoms with Gasteiger partial charge in [0.1, 0.15) is 0 Å². The fourth-order valence-electron chi connectivity index (χ4n) is 2.83. The predicted octanol–water partition coefficient (Wildman–Crippen LogP) is 3.10. The SMILES string of the molecule is CCCNC(c1cccc(C(F)F)c1)C1CCS(=O)(=O)C1. The number of hydrogen-bond donors (Lipinski definition) is 1. The van der Waals surface area contributed by atoms with Gasteiger partial charge in [-0.2, -0.15) is 0 Å². The van der Waals surface area contributed by atoms with E-state index in [-0.39, 0.29) is 29.0 Å². The van der Waals surface area contributed by atoms with Crippen LogP contribution in [0.25, 0.3) is 0 Å². The van der Waals surface area contributed by atoms with Gasteiger partial charge in [-0.15, -0.1) is 0 Å². The van der Waals surface area contributed by atoms with E-state index in [1.807, 2.05) is 6.92 Å². The highest BCUT2D eigenvalue weighted by Crippen LogP contribution is 2.33. The summed E-state index contributed by atoms with van der Waals surface area (Å²) in [5.74, 6) is 0.276. The summed E-state index contributed by atoms with van der Waals surface area (Å²) in [6, 6.07) is 6.12. The van der Waals surface area contributed by atoms with Crippen molar-refractivity contribution < 1.29 is 17.2 Å². The lowest BCUT2D eigenvalue weighted by atomic mass is 9.91. The molecular weight excluding hydrogens is 296 g/mol. The fraction of sp³-hybridized carbons (Fsp3) is 0.600. The van der Waals surface area contributed by atoms with Crippen molar-refractivity contribution in [2.75, 3.05) is 18.1 Å². The topological polar surface area (TPSA) is 46.2 Å². The Bertz CT molecular complexity index is 575. The van der Waals surface area contributed by atoms with Gasteiger partial charge in [0, 0.05) is 11.6 Å². The molecule has 1 N–H and O–H groups in total. The number of sulfone groups is 1. The summed E-state index contributed by atoms with van der Waals surface area (Å²) in [7, 11) is -2.99. The monoisotopic (exact) mass is 317 g/mol. The first-order chi connectivity index (χ1) is 9.93. The minimum absolute atomic E-state index is 0.0170. The Balaban J connectivity index is 2.25. The molecule has 0 amide bonds. The smallest absolute Gasteiger partial charge is 0.263 e. The highest BCUT2D eigenvalue weighted by atomic mass is 32.2. The summed E-state index contributed by atoms with van der Waals surface area (Å²) in [5.41, 5.74) is 0.736. The zero-order chi connectivity index (χ0) is 15.5. The number of hydrogen-bond acceptors (Lipinski definition) is 3. The number of benzene rings is 1. The molecule has 6 heteroatoms. The molecule has 1 fully saturated rings. The van der Waals surface area contributed by atoms with Crippen LogP contribution in [0.2, 0.25) is 0 Å². The lowest BCUT2D eigenvalue weighted by Crippen LogP contribution is -2.30. The van der Waals surface area contributed by atoms with E-state index in [4.69, 9.17) is 0 Å². The van der Waals surface area contributed by atoms with Crippen LogP contribution in [0.5, 0.6) is 0 Å². The summed E-state index contributed by atoms with van der Waals surface area (Å²) in [6.07, 6.45) is -1.02. The van der Waals surface area contributed by atoms with Gasteiger partial charge in [-0.25, -0.2) is 17.2 Å². The molecule has 2 unspecified atom stereocenters. The van der Waals surface area contributed by atoms with E-state index in [1.54, 1.807) is 12.1 Å². The second-order valence-electron chi connectivity index (χ2n) is 5.57. The fourth-order valence-corrected chi connectivity index (χ4v) is 4.67. The van der Waals surface area contributed by atoms with Crippen LogP contribution >= 0.6 is 0 Å². The zero-order valence-corrected chi connectivity index (χ0v) is 12.9. The van der Waals surface area contributed by atoms with Crippen molar-refractivity contribution in [3.05, 3.63) is 35.4 Å². The molecule has 1 aliphatic heterocycles. The van der Waals surface area contributed by atoms with Crippen molar-refractivity contribution in [2.45, 2.75) is 32.2 Å². The first-order valence-electron chi connectivity index (χ1n) is 7.25. The Hall–Kier alpha value is -1.01. The van der Waals surface area contributed by atoms with Gasteiger partial charge in [-0.1, -0.05) is 25.1 Å². The number of nitrogens with one attached hydrogen (secondary N) is 1. The molecule has 118 valence electrons. The van der Waals surface area contributed by atoms with Crippen LogP contribution in [0.4, 0.5) is 8.78 Å². The molecule has 2 rings (SSSR count). The number of halogens is 2. The third kappa shape index (κ3) is 4.23. The van der Waals surface area contributed by atoms with Gasteiger partial charge in [0.05, 0.1) is 11.5 Å². The Labute approximate surface area is 124 Å². The summed E-state index contributed by atoms with van der Waals surface area (Å²) in [4.78, 5) is 0. The second kappa shape index (κ2) is 6.83. The first-order valence-corrected chi connectivity index (χ1v) is 9.07. The van der Waals surface area contributed by atoms with Crippen molar-refractivity contribution in [2.24, 2.45) is 5.92 Å². The molecule has 0 spiro atoms. The van der Waals surface area contributed by atoms with E-state index in [0.717, 1.165) is 18.5 Å². The summed E-state index contributed by atoms with van der Waals surface area (Å²) in [6.45, 7) is 2.76. The van der Waals surface area contributed by atoms with Crippen LogP contribution in [0, 0.1) is 5.92 Å². The van der Waals surface area contributed by atoms with E-state index in [1.165, 1.54) is 12.1 Å². The summed E-state index contributed by atoms with van der Waals surface area (Å²) < 4.78 is 49.0. The van der Waals surface area contributed by atoms with Crippen LogP contribution in [0.1, 0.15) is 43.4 Å². The van der Waals surface area contributed by atoms with Crippen molar-refractivity contribution >= 4 is 9.84 Å². The lowest BCUT2D eigenvalue weighted by molar-refractivity contribution is 0.151. The van der Waals surface area contributed by atoms with Crippen molar-refractivity contribution in [3.8, 4) is 0 Å². The van der Waals surface area contributed by atoms with Crippen molar-refractivity contribution in [3.63, 3.8) is 0 Å². The van der Waals surface area contributed by atoms with E-state index in [9.17, 15) is 17.2 Å². The third-order valence-electron chi connectivity index (χ3n) is 3.88. The predicted molar refractivity (Wildman–Crippen MR) is 79.2 cm³/mol. The van der Waals surface area contributed by atoms with E-state index in [2.05, 4.69) is 5.32 Å². The highest BCUT2D eigenvalue weighted by Gasteiger charge is 2.34. The van der Waals surface area contributed by atoms with Gasteiger partial charge >= 0.3 is 0 Å². The van der Waals surface area contributed by atoms with Crippen LogP contribution < -0.4 is 5.32 Å². The molecule has 1 aromatic carbocycles. The first kappa shape index (κ1) is 16.4.